The third-order valence-electron chi connectivity index (χ3n) is 3.45. The molecule has 0 fully saturated rings. The number of carbonyl (C=O) groups is 1. The van der Waals surface area contributed by atoms with Gasteiger partial charge in [-0.2, -0.15) is 5.10 Å². The molecular weight excluding hydrogens is 340 g/mol. The number of hydrogen-bond donors (Lipinski definition) is 1. The summed E-state index contributed by atoms with van der Waals surface area (Å²) in [5, 5.41) is 7.37. The number of anilines is 1. The zero-order chi connectivity index (χ0) is 17.5. The van der Waals surface area contributed by atoms with Gasteiger partial charge in [0.1, 0.15) is 10.1 Å². The lowest BCUT2D eigenvalue weighted by Gasteiger charge is -2.20. The highest BCUT2D eigenvalue weighted by Gasteiger charge is 2.13. The maximum absolute atomic E-state index is 12.3. The van der Waals surface area contributed by atoms with Gasteiger partial charge in [0.05, 0.1) is 17.1 Å². The molecule has 0 saturated heterocycles. The Hall–Kier alpha value is -1.86. The van der Waals surface area contributed by atoms with Gasteiger partial charge in [-0.05, 0) is 32.9 Å². The zero-order valence-electron chi connectivity index (χ0n) is 14.2. The Bertz CT molecular complexity index is 696. The Labute approximate surface area is 152 Å². The number of amides is 1. The van der Waals surface area contributed by atoms with Crippen molar-refractivity contribution in [3.63, 3.8) is 0 Å². The van der Waals surface area contributed by atoms with Crippen molar-refractivity contribution in [3.8, 4) is 5.69 Å². The average molecular weight is 363 g/mol. The molecule has 0 saturated carbocycles. The lowest BCUT2D eigenvalue weighted by Crippen LogP contribution is -2.28. The molecule has 2 aromatic rings. The first-order chi connectivity index (χ1) is 11.5. The van der Waals surface area contributed by atoms with E-state index in [0.29, 0.717) is 5.82 Å². The number of thioether (sulfide) groups is 1. The molecule has 0 atom stereocenters. The monoisotopic (exact) mass is 362 g/mol. The number of benzene rings is 1. The molecule has 1 heterocycles. The highest BCUT2D eigenvalue weighted by Crippen LogP contribution is 2.17. The fourth-order valence-electron chi connectivity index (χ4n) is 2.23. The van der Waals surface area contributed by atoms with E-state index in [1.54, 1.807) is 4.68 Å². The quantitative estimate of drug-likeness (QED) is 0.797. The van der Waals surface area contributed by atoms with Crippen LogP contribution in [0.1, 0.15) is 19.5 Å². The molecule has 1 amide bonds. The largest absolute Gasteiger partial charge is 0.358 e. The molecule has 0 unspecified atom stereocenters. The predicted octanol–water partition coefficient (Wildman–Crippen LogP) is 3.48. The molecule has 5 nitrogen and oxygen atoms in total. The van der Waals surface area contributed by atoms with Crippen molar-refractivity contribution < 1.29 is 4.79 Å². The Kier molecular flexibility index (Phi) is 6.81. The third kappa shape index (κ3) is 4.82. The topological polar surface area (TPSA) is 50.2 Å². The minimum Gasteiger partial charge on any atom is -0.358 e. The van der Waals surface area contributed by atoms with Gasteiger partial charge in [-0.3, -0.25) is 4.79 Å². The van der Waals surface area contributed by atoms with Crippen molar-refractivity contribution in [3.05, 3.63) is 42.1 Å². The molecule has 2 rings (SSSR count). The minimum absolute atomic E-state index is 0.0911. The van der Waals surface area contributed by atoms with E-state index in [1.807, 2.05) is 43.3 Å². The summed E-state index contributed by atoms with van der Waals surface area (Å²) < 4.78 is 2.49. The Morgan fingerprint density at radius 2 is 1.96 bits per heavy atom. The van der Waals surface area contributed by atoms with Crippen LogP contribution in [0.15, 0.2) is 36.4 Å². The number of thiocarbonyl (C=S) groups is 1. The first kappa shape index (κ1) is 18.5. The standard InChI is InChI=1S/C17H22N4OS2/c1-4-20(5-2)17(23)24-12-16(22)18-15-11-13(3)19-21(15)14-9-7-6-8-10-14/h6-11H,4-5,12H2,1-3H3,(H,18,22). The Morgan fingerprint density at radius 3 is 2.58 bits per heavy atom. The molecule has 0 bridgehead atoms. The molecule has 0 aliphatic carbocycles. The number of para-hydroxylation sites is 1. The Balaban J connectivity index is 2.01. The molecule has 1 aromatic heterocycles. The van der Waals surface area contributed by atoms with Crippen LogP contribution in [0.3, 0.4) is 0 Å². The summed E-state index contributed by atoms with van der Waals surface area (Å²) in [6, 6.07) is 11.6. The van der Waals surface area contributed by atoms with Crippen molar-refractivity contribution >= 4 is 40.0 Å². The number of aromatic nitrogens is 2. The van der Waals surface area contributed by atoms with Crippen LogP contribution in [-0.4, -0.2) is 43.8 Å². The maximum Gasteiger partial charge on any atom is 0.235 e. The van der Waals surface area contributed by atoms with Gasteiger partial charge in [0.25, 0.3) is 0 Å². The summed E-state index contributed by atoms with van der Waals surface area (Å²) in [6.07, 6.45) is 0. The SMILES string of the molecule is CCN(CC)C(=S)SCC(=O)Nc1cc(C)nn1-c1ccccc1. The molecule has 128 valence electrons. The van der Waals surface area contributed by atoms with Crippen LogP contribution < -0.4 is 5.32 Å². The van der Waals surface area contributed by atoms with Crippen molar-refractivity contribution in [1.82, 2.24) is 14.7 Å². The lowest BCUT2D eigenvalue weighted by atomic mass is 10.3. The average Bonchev–Trinajstić information content (AvgIpc) is 2.95. The van der Waals surface area contributed by atoms with Crippen LogP contribution in [0.4, 0.5) is 5.82 Å². The van der Waals surface area contributed by atoms with E-state index >= 15 is 0 Å². The van der Waals surface area contributed by atoms with Crippen LogP contribution in [0, 0.1) is 6.92 Å². The molecule has 0 aliphatic heterocycles. The molecule has 1 N–H and O–H groups in total. The summed E-state index contributed by atoms with van der Waals surface area (Å²) in [4.78, 5) is 14.3. The fourth-order valence-corrected chi connectivity index (χ4v) is 3.44. The molecule has 0 aliphatic rings. The van der Waals surface area contributed by atoms with E-state index < -0.39 is 0 Å². The normalized spacial score (nSPS) is 10.5. The van der Waals surface area contributed by atoms with Crippen LogP contribution in [0.25, 0.3) is 5.69 Å². The van der Waals surface area contributed by atoms with E-state index in [-0.39, 0.29) is 11.7 Å². The van der Waals surface area contributed by atoms with E-state index in [4.69, 9.17) is 12.2 Å². The summed E-state index contributed by atoms with van der Waals surface area (Å²) >= 11 is 6.74. The molecule has 0 radical (unpaired) electrons. The smallest absolute Gasteiger partial charge is 0.235 e. The molecule has 0 spiro atoms. The van der Waals surface area contributed by atoms with Crippen molar-refractivity contribution in [2.75, 3.05) is 24.2 Å². The van der Waals surface area contributed by atoms with Crippen molar-refractivity contribution in [2.45, 2.75) is 20.8 Å². The van der Waals surface area contributed by atoms with Gasteiger partial charge in [-0.1, -0.05) is 42.2 Å². The number of aryl methyl sites for hydroxylation is 1. The number of carbonyl (C=O) groups excluding carboxylic acids is 1. The predicted molar refractivity (Wildman–Crippen MR) is 105 cm³/mol. The van der Waals surface area contributed by atoms with Crippen LogP contribution >= 0.6 is 24.0 Å². The lowest BCUT2D eigenvalue weighted by molar-refractivity contribution is -0.113. The van der Waals surface area contributed by atoms with E-state index in [2.05, 4.69) is 29.2 Å². The number of hydrogen-bond acceptors (Lipinski definition) is 4. The summed E-state index contributed by atoms with van der Waals surface area (Å²) in [6.45, 7) is 7.71. The molecule has 1 aromatic carbocycles. The first-order valence-electron chi connectivity index (χ1n) is 7.88. The van der Waals surface area contributed by atoms with E-state index in [1.165, 1.54) is 11.8 Å². The van der Waals surface area contributed by atoms with Crippen LogP contribution in [0.5, 0.6) is 0 Å². The summed E-state index contributed by atoms with van der Waals surface area (Å²) in [7, 11) is 0. The summed E-state index contributed by atoms with van der Waals surface area (Å²) in [5.74, 6) is 0.860. The second-order valence-electron chi connectivity index (χ2n) is 5.19. The second-order valence-corrected chi connectivity index (χ2v) is 6.80. The third-order valence-corrected chi connectivity index (χ3v) is 4.97. The fraction of sp³-hybridized carbons (Fsp3) is 0.353. The molecule has 24 heavy (non-hydrogen) atoms. The zero-order valence-corrected chi connectivity index (χ0v) is 15.8. The van der Waals surface area contributed by atoms with E-state index in [0.717, 1.165) is 28.8 Å². The van der Waals surface area contributed by atoms with Gasteiger partial charge in [0.15, 0.2) is 0 Å². The maximum atomic E-state index is 12.3. The van der Waals surface area contributed by atoms with Gasteiger partial charge in [0.2, 0.25) is 5.91 Å². The van der Waals surface area contributed by atoms with Gasteiger partial charge >= 0.3 is 0 Å². The Morgan fingerprint density at radius 1 is 1.29 bits per heavy atom. The van der Waals surface area contributed by atoms with Gasteiger partial charge in [-0.15, -0.1) is 0 Å². The first-order valence-corrected chi connectivity index (χ1v) is 9.28. The van der Waals surface area contributed by atoms with Gasteiger partial charge in [-0.25, -0.2) is 4.68 Å². The minimum atomic E-state index is -0.0911. The van der Waals surface area contributed by atoms with Gasteiger partial charge < -0.3 is 10.2 Å². The van der Waals surface area contributed by atoms with Crippen molar-refractivity contribution in [1.29, 1.82) is 0 Å². The van der Waals surface area contributed by atoms with Crippen LogP contribution in [0.2, 0.25) is 0 Å². The molecule has 7 heteroatoms. The van der Waals surface area contributed by atoms with E-state index in [9.17, 15) is 4.79 Å². The highest BCUT2D eigenvalue weighted by atomic mass is 32.2. The summed E-state index contributed by atoms with van der Waals surface area (Å²) in [5.41, 5.74) is 1.76. The van der Waals surface area contributed by atoms with Crippen molar-refractivity contribution in [2.24, 2.45) is 0 Å². The number of rotatable bonds is 6. The van der Waals surface area contributed by atoms with Crippen LogP contribution in [-0.2, 0) is 4.79 Å². The van der Waals surface area contributed by atoms with Gasteiger partial charge in [0, 0.05) is 19.2 Å². The highest BCUT2D eigenvalue weighted by molar-refractivity contribution is 8.23. The molecular formula is C17H22N4OS2. The number of nitrogens with zero attached hydrogens (tertiary/aromatic N) is 3. The number of nitrogens with one attached hydrogen (secondary N) is 1. The second kappa shape index (κ2) is 8.84.